The van der Waals surface area contributed by atoms with E-state index in [9.17, 15) is 0 Å². The Morgan fingerprint density at radius 1 is 1.00 bits per heavy atom. The van der Waals surface area contributed by atoms with Gasteiger partial charge in [-0.2, -0.15) is 0 Å². The normalized spacial score (nSPS) is 16.5. The van der Waals surface area contributed by atoms with Crippen LogP contribution in [0.25, 0.3) is 10.9 Å². The molecule has 0 saturated heterocycles. The predicted molar refractivity (Wildman–Crippen MR) is 81.6 cm³/mol. The van der Waals surface area contributed by atoms with Gasteiger partial charge < -0.3 is 4.57 Å². The summed E-state index contributed by atoms with van der Waals surface area (Å²) in [6.07, 6.45) is 1.18. The molecule has 0 amide bonds. The van der Waals surface area contributed by atoms with E-state index in [0.29, 0.717) is 12.1 Å². The molecule has 3 rings (SSSR count). The summed E-state index contributed by atoms with van der Waals surface area (Å²) in [5.74, 6) is 0. The summed E-state index contributed by atoms with van der Waals surface area (Å²) >= 11 is 0. The predicted octanol–water partition coefficient (Wildman–Crippen LogP) is 3.99. The maximum atomic E-state index is 2.58. The van der Waals surface area contributed by atoms with E-state index in [-0.39, 0.29) is 0 Å². The molecule has 2 heteroatoms. The Morgan fingerprint density at radius 2 is 1.74 bits per heavy atom. The van der Waals surface area contributed by atoms with E-state index in [4.69, 9.17) is 0 Å². The molecular formula is C17H24N2. The van der Waals surface area contributed by atoms with Crippen molar-refractivity contribution >= 4 is 10.9 Å². The SMILES string of the molecule is CC(C)N1CCc2c(c3ccccc3n2C(C)C)C1. The van der Waals surface area contributed by atoms with E-state index in [2.05, 4.69) is 61.4 Å². The third-order valence-corrected chi connectivity index (χ3v) is 4.37. The number of fused-ring (bicyclic) bond motifs is 3. The topological polar surface area (TPSA) is 8.17 Å². The van der Waals surface area contributed by atoms with Crippen LogP contribution in [-0.4, -0.2) is 22.1 Å². The van der Waals surface area contributed by atoms with E-state index in [1.165, 1.54) is 23.9 Å². The molecule has 2 nitrogen and oxygen atoms in total. The molecule has 0 N–H and O–H groups in total. The van der Waals surface area contributed by atoms with Gasteiger partial charge in [0.1, 0.15) is 0 Å². The molecule has 0 radical (unpaired) electrons. The van der Waals surface area contributed by atoms with Crippen molar-refractivity contribution in [2.75, 3.05) is 6.54 Å². The van der Waals surface area contributed by atoms with E-state index in [0.717, 1.165) is 6.54 Å². The van der Waals surface area contributed by atoms with Gasteiger partial charge in [-0.1, -0.05) is 18.2 Å². The summed E-state index contributed by atoms with van der Waals surface area (Å²) in [6.45, 7) is 11.5. The highest BCUT2D eigenvalue weighted by Gasteiger charge is 2.25. The van der Waals surface area contributed by atoms with Gasteiger partial charge in [0.2, 0.25) is 0 Å². The fourth-order valence-corrected chi connectivity index (χ4v) is 3.40. The fourth-order valence-electron chi connectivity index (χ4n) is 3.40. The molecule has 19 heavy (non-hydrogen) atoms. The Kier molecular flexibility index (Phi) is 3.14. The first-order chi connectivity index (χ1) is 9.09. The first kappa shape index (κ1) is 12.7. The van der Waals surface area contributed by atoms with Gasteiger partial charge in [-0.15, -0.1) is 0 Å². The molecule has 1 aromatic heterocycles. The van der Waals surface area contributed by atoms with Crippen LogP contribution in [0.2, 0.25) is 0 Å². The molecule has 0 bridgehead atoms. The van der Waals surface area contributed by atoms with E-state index in [1.807, 2.05) is 0 Å². The maximum absolute atomic E-state index is 2.58. The van der Waals surface area contributed by atoms with Crippen LogP contribution in [0.5, 0.6) is 0 Å². The Labute approximate surface area is 116 Å². The van der Waals surface area contributed by atoms with Crippen LogP contribution in [0.4, 0.5) is 0 Å². The minimum Gasteiger partial charge on any atom is -0.342 e. The van der Waals surface area contributed by atoms with Crippen molar-refractivity contribution in [1.29, 1.82) is 0 Å². The van der Waals surface area contributed by atoms with Crippen LogP contribution in [0.15, 0.2) is 24.3 Å². The molecule has 0 fully saturated rings. The molecule has 0 spiro atoms. The lowest BCUT2D eigenvalue weighted by Gasteiger charge is -2.31. The average molecular weight is 256 g/mol. The number of hydrogen-bond acceptors (Lipinski definition) is 1. The monoisotopic (exact) mass is 256 g/mol. The summed E-state index contributed by atoms with van der Waals surface area (Å²) in [5.41, 5.74) is 4.53. The quantitative estimate of drug-likeness (QED) is 0.789. The van der Waals surface area contributed by atoms with Gasteiger partial charge in [-0.3, -0.25) is 4.90 Å². The summed E-state index contributed by atoms with van der Waals surface area (Å²) in [4.78, 5) is 2.58. The van der Waals surface area contributed by atoms with Crippen molar-refractivity contribution < 1.29 is 0 Å². The largest absolute Gasteiger partial charge is 0.342 e. The summed E-state index contributed by atoms with van der Waals surface area (Å²) in [5, 5.41) is 1.46. The van der Waals surface area contributed by atoms with E-state index < -0.39 is 0 Å². The van der Waals surface area contributed by atoms with Crippen LogP contribution in [-0.2, 0) is 13.0 Å². The molecule has 102 valence electrons. The Balaban J connectivity index is 2.19. The molecule has 0 atom stereocenters. The Bertz CT molecular complexity index is 593. The number of para-hydroxylation sites is 1. The minimum atomic E-state index is 0.541. The lowest BCUT2D eigenvalue weighted by molar-refractivity contribution is 0.201. The van der Waals surface area contributed by atoms with Gasteiger partial charge in [0.25, 0.3) is 0 Å². The minimum absolute atomic E-state index is 0.541. The summed E-state index contributed by atoms with van der Waals surface area (Å²) < 4.78 is 2.54. The van der Waals surface area contributed by atoms with Crippen molar-refractivity contribution in [3.8, 4) is 0 Å². The van der Waals surface area contributed by atoms with Crippen molar-refractivity contribution in [3.63, 3.8) is 0 Å². The second kappa shape index (κ2) is 4.68. The molecule has 0 aliphatic carbocycles. The third-order valence-electron chi connectivity index (χ3n) is 4.37. The summed E-state index contributed by atoms with van der Waals surface area (Å²) in [7, 11) is 0. The van der Waals surface area contributed by atoms with Crippen molar-refractivity contribution in [2.24, 2.45) is 0 Å². The fraction of sp³-hybridized carbons (Fsp3) is 0.529. The first-order valence-electron chi connectivity index (χ1n) is 7.44. The van der Waals surface area contributed by atoms with Crippen LogP contribution in [0, 0.1) is 0 Å². The highest BCUT2D eigenvalue weighted by molar-refractivity contribution is 5.86. The second-order valence-corrected chi connectivity index (χ2v) is 6.22. The number of benzene rings is 1. The molecule has 0 unspecified atom stereocenters. The van der Waals surface area contributed by atoms with Gasteiger partial charge in [0, 0.05) is 48.2 Å². The molecule has 1 aliphatic heterocycles. The van der Waals surface area contributed by atoms with Crippen molar-refractivity contribution in [3.05, 3.63) is 35.5 Å². The van der Waals surface area contributed by atoms with Gasteiger partial charge in [0.05, 0.1) is 0 Å². The molecule has 0 saturated carbocycles. The summed E-state index contributed by atoms with van der Waals surface area (Å²) in [6, 6.07) is 10.1. The maximum Gasteiger partial charge on any atom is 0.0488 e. The van der Waals surface area contributed by atoms with Crippen LogP contribution >= 0.6 is 0 Å². The lowest BCUT2D eigenvalue weighted by atomic mass is 10.0. The zero-order chi connectivity index (χ0) is 13.6. The molecule has 2 heterocycles. The van der Waals surface area contributed by atoms with Crippen LogP contribution in [0.3, 0.4) is 0 Å². The van der Waals surface area contributed by atoms with Crippen LogP contribution in [0.1, 0.15) is 45.0 Å². The van der Waals surface area contributed by atoms with Crippen molar-refractivity contribution in [1.82, 2.24) is 9.47 Å². The Hall–Kier alpha value is -1.28. The van der Waals surface area contributed by atoms with E-state index in [1.54, 1.807) is 11.3 Å². The number of aromatic nitrogens is 1. The van der Waals surface area contributed by atoms with Gasteiger partial charge in [-0.05, 0) is 39.3 Å². The zero-order valence-electron chi connectivity index (χ0n) is 12.5. The van der Waals surface area contributed by atoms with E-state index >= 15 is 0 Å². The van der Waals surface area contributed by atoms with Gasteiger partial charge in [-0.25, -0.2) is 0 Å². The number of hydrogen-bond donors (Lipinski definition) is 0. The lowest BCUT2D eigenvalue weighted by Crippen LogP contribution is -2.36. The smallest absolute Gasteiger partial charge is 0.0488 e. The van der Waals surface area contributed by atoms with Gasteiger partial charge in [0.15, 0.2) is 0 Å². The zero-order valence-corrected chi connectivity index (χ0v) is 12.5. The van der Waals surface area contributed by atoms with Crippen molar-refractivity contribution in [2.45, 2.75) is 52.7 Å². The highest BCUT2D eigenvalue weighted by Crippen LogP contribution is 2.33. The second-order valence-electron chi connectivity index (χ2n) is 6.22. The Morgan fingerprint density at radius 3 is 2.42 bits per heavy atom. The molecule has 2 aromatic rings. The third kappa shape index (κ3) is 1.99. The standard InChI is InChI=1S/C17H24N2/c1-12(2)18-10-9-17-15(11-18)14-7-5-6-8-16(14)19(17)13(3)4/h5-8,12-13H,9-11H2,1-4H3. The molecular weight excluding hydrogens is 232 g/mol. The van der Waals surface area contributed by atoms with Gasteiger partial charge >= 0.3 is 0 Å². The molecule has 1 aromatic carbocycles. The highest BCUT2D eigenvalue weighted by atomic mass is 15.2. The number of nitrogens with zero attached hydrogens (tertiary/aromatic N) is 2. The molecule has 1 aliphatic rings. The first-order valence-corrected chi connectivity index (χ1v) is 7.44. The van der Waals surface area contributed by atoms with Crippen LogP contribution < -0.4 is 0 Å². The average Bonchev–Trinajstić information content (AvgIpc) is 2.72. The number of rotatable bonds is 2.